The van der Waals surface area contributed by atoms with Gasteiger partial charge in [-0.2, -0.15) is 0 Å². The molecule has 0 fully saturated rings. The van der Waals surface area contributed by atoms with Crippen LogP contribution in [-0.2, 0) is 6.42 Å². The minimum Gasteiger partial charge on any atom is -0.493 e. The van der Waals surface area contributed by atoms with Crippen LogP contribution in [0.1, 0.15) is 105 Å². The van der Waals surface area contributed by atoms with E-state index in [2.05, 4.69) is 83.9 Å². The van der Waals surface area contributed by atoms with Gasteiger partial charge in [0, 0.05) is 12.3 Å². The first-order valence-corrected chi connectivity index (χ1v) is 13.9. The Balaban J connectivity index is 1.69. The molecule has 0 amide bonds. The molecule has 1 unspecified atom stereocenters. The second-order valence-electron chi connectivity index (χ2n) is 10.1. The molecule has 0 aliphatic heterocycles. The number of hydrogen-bond donors (Lipinski definition) is 2. The van der Waals surface area contributed by atoms with Gasteiger partial charge in [0.25, 0.3) is 0 Å². The highest BCUT2D eigenvalue weighted by Gasteiger charge is 2.19. The Labute approximate surface area is 222 Å². The molecule has 0 aliphatic rings. The van der Waals surface area contributed by atoms with Gasteiger partial charge >= 0.3 is 0 Å². The average Bonchev–Trinajstić information content (AvgIpc) is 3.42. The van der Waals surface area contributed by atoms with Crippen molar-refractivity contribution in [3.63, 3.8) is 0 Å². The van der Waals surface area contributed by atoms with E-state index in [1.54, 1.807) is 0 Å². The summed E-state index contributed by atoms with van der Waals surface area (Å²) in [6.45, 7) is 11.3. The second-order valence-corrected chi connectivity index (χ2v) is 10.1. The van der Waals surface area contributed by atoms with Crippen molar-refractivity contribution in [3.8, 4) is 5.75 Å². The number of rotatable bonds is 15. The monoisotopic (exact) mass is 504 g/mol. The molecule has 2 aromatic carbocycles. The first-order chi connectivity index (χ1) is 17.9. The Hall–Kier alpha value is -2.99. The molecule has 0 saturated heterocycles. The molecule has 3 aromatic rings. The van der Waals surface area contributed by atoms with Crippen LogP contribution < -0.4 is 4.74 Å². The number of aryl methyl sites for hydroxylation is 3. The molecular formula is C31H44N4O2. The number of H-pyrrole nitrogens is 1. The molecule has 1 heterocycles. The van der Waals surface area contributed by atoms with Crippen LogP contribution in [0.15, 0.2) is 42.5 Å². The zero-order valence-electron chi connectivity index (χ0n) is 23.3. The quantitative estimate of drug-likeness (QED) is 0.216. The highest BCUT2D eigenvalue weighted by Crippen LogP contribution is 2.34. The van der Waals surface area contributed by atoms with Crippen LogP contribution in [0.3, 0.4) is 0 Å². The average molecular weight is 505 g/mol. The normalized spacial score (nSPS) is 12.8. The van der Waals surface area contributed by atoms with E-state index in [1.165, 1.54) is 35.1 Å². The summed E-state index contributed by atoms with van der Waals surface area (Å²) >= 11 is 0. The zero-order valence-corrected chi connectivity index (χ0v) is 23.3. The minimum atomic E-state index is -0.732. The number of aromatic nitrogens is 4. The van der Waals surface area contributed by atoms with E-state index in [4.69, 9.17) is 4.74 Å². The van der Waals surface area contributed by atoms with E-state index in [-0.39, 0.29) is 0 Å². The van der Waals surface area contributed by atoms with Crippen molar-refractivity contribution in [2.45, 2.75) is 97.5 Å². The van der Waals surface area contributed by atoms with E-state index in [1.807, 2.05) is 19.9 Å². The third-order valence-electron chi connectivity index (χ3n) is 7.40. The zero-order chi connectivity index (χ0) is 26.7. The van der Waals surface area contributed by atoms with Crippen LogP contribution in [0.2, 0.25) is 0 Å². The van der Waals surface area contributed by atoms with Crippen LogP contribution >= 0.6 is 0 Å². The molecule has 0 saturated carbocycles. The van der Waals surface area contributed by atoms with Crippen molar-refractivity contribution in [2.24, 2.45) is 0 Å². The molecule has 1 aromatic heterocycles. The number of nitrogens with one attached hydrogen (secondary N) is 1. The lowest BCUT2D eigenvalue weighted by Crippen LogP contribution is -2.22. The Kier molecular flexibility index (Phi) is 10.9. The Morgan fingerprint density at radius 2 is 1.70 bits per heavy atom. The summed E-state index contributed by atoms with van der Waals surface area (Å²) in [4.78, 5) is 0. The van der Waals surface area contributed by atoms with E-state index < -0.39 is 5.60 Å². The fourth-order valence-corrected chi connectivity index (χ4v) is 4.68. The topological polar surface area (TPSA) is 83.9 Å². The SMILES string of the molecule is CCCCC(c1ccc(/C=C/C(O)(CC)CC)c(C)c1)c1ccc(OCCCCc2nnn[nH]2)c(C)c1. The number of tetrazole rings is 1. The largest absolute Gasteiger partial charge is 0.493 e. The number of nitrogens with zero attached hydrogens (tertiary/aromatic N) is 3. The van der Waals surface area contributed by atoms with E-state index in [0.29, 0.717) is 12.5 Å². The van der Waals surface area contributed by atoms with Gasteiger partial charge in [0.2, 0.25) is 0 Å². The van der Waals surface area contributed by atoms with E-state index >= 15 is 0 Å². The summed E-state index contributed by atoms with van der Waals surface area (Å²) in [6.07, 6.45) is 11.7. The maximum Gasteiger partial charge on any atom is 0.148 e. The van der Waals surface area contributed by atoms with Crippen LogP contribution in [0, 0.1) is 13.8 Å². The van der Waals surface area contributed by atoms with Crippen molar-refractivity contribution in [3.05, 3.63) is 76.1 Å². The summed E-state index contributed by atoms with van der Waals surface area (Å²) in [6, 6.07) is 13.4. The molecule has 0 aliphatic carbocycles. The molecule has 37 heavy (non-hydrogen) atoms. The van der Waals surface area contributed by atoms with Gasteiger partial charge in [-0.3, -0.25) is 0 Å². The second kappa shape index (κ2) is 14.1. The molecule has 3 rings (SSSR count). The first-order valence-electron chi connectivity index (χ1n) is 13.9. The predicted molar refractivity (Wildman–Crippen MR) is 151 cm³/mol. The lowest BCUT2D eigenvalue weighted by atomic mass is 9.85. The molecule has 1 atom stereocenters. The minimum absolute atomic E-state index is 0.350. The predicted octanol–water partition coefficient (Wildman–Crippen LogP) is 7.10. The highest BCUT2D eigenvalue weighted by atomic mass is 16.5. The van der Waals surface area contributed by atoms with Gasteiger partial charge in [-0.05, 0) is 90.3 Å². The molecule has 200 valence electrons. The van der Waals surface area contributed by atoms with Gasteiger partial charge in [0.1, 0.15) is 11.6 Å². The maximum atomic E-state index is 10.6. The summed E-state index contributed by atoms with van der Waals surface area (Å²) in [5, 5.41) is 24.6. The summed E-state index contributed by atoms with van der Waals surface area (Å²) < 4.78 is 6.10. The van der Waals surface area contributed by atoms with Crippen LogP contribution in [0.4, 0.5) is 0 Å². The summed E-state index contributed by atoms with van der Waals surface area (Å²) in [7, 11) is 0. The number of hydrogen-bond acceptors (Lipinski definition) is 5. The molecule has 0 spiro atoms. The third-order valence-corrected chi connectivity index (χ3v) is 7.40. The number of aromatic amines is 1. The van der Waals surface area contributed by atoms with Crippen molar-refractivity contribution in [2.75, 3.05) is 6.61 Å². The molecule has 0 radical (unpaired) electrons. The van der Waals surface area contributed by atoms with Crippen molar-refractivity contribution in [1.29, 1.82) is 0 Å². The Morgan fingerprint density at radius 1 is 0.973 bits per heavy atom. The van der Waals surface area contributed by atoms with Gasteiger partial charge in [-0.1, -0.05) is 76.1 Å². The fourth-order valence-electron chi connectivity index (χ4n) is 4.68. The van der Waals surface area contributed by atoms with E-state index in [9.17, 15) is 5.11 Å². The van der Waals surface area contributed by atoms with Crippen LogP contribution in [0.25, 0.3) is 6.08 Å². The van der Waals surface area contributed by atoms with E-state index in [0.717, 1.165) is 55.7 Å². The fraction of sp³-hybridized carbons (Fsp3) is 0.516. The number of unbranched alkanes of at least 4 members (excludes halogenated alkanes) is 2. The van der Waals surface area contributed by atoms with Gasteiger partial charge in [-0.25, -0.2) is 5.10 Å². The lowest BCUT2D eigenvalue weighted by molar-refractivity contribution is 0.0836. The molecule has 2 N–H and O–H groups in total. The van der Waals surface area contributed by atoms with Crippen molar-refractivity contribution in [1.82, 2.24) is 20.6 Å². The van der Waals surface area contributed by atoms with Crippen molar-refractivity contribution < 1.29 is 9.84 Å². The highest BCUT2D eigenvalue weighted by molar-refractivity contribution is 5.56. The summed E-state index contributed by atoms with van der Waals surface area (Å²) in [5.74, 6) is 2.12. The van der Waals surface area contributed by atoms with Gasteiger partial charge in [0.05, 0.1) is 12.2 Å². The maximum absolute atomic E-state index is 10.6. The van der Waals surface area contributed by atoms with Crippen LogP contribution in [0.5, 0.6) is 5.75 Å². The molecule has 6 nitrogen and oxygen atoms in total. The third kappa shape index (κ3) is 8.26. The first kappa shape index (κ1) is 28.6. The van der Waals surface area contributed by atoms with Gasteiger partial charge in [0.15, 0.2) is 0 Å². The Morgan fingerprint density at radius 3 is 2.32 bits per heavy atom. The summed E-state index contributed by atoms with van der Waals surface area (Å²) in [5.41, 5.74) is 5.53. The number of benzene rings is 2. The lowest BCUT2D eigenvalue weighted by Gasteiger charge is -2.22. The standard InChI is InChI=1S/C31H44N4O2/c1-6-9-12-28(26-15-14-25(23(4)21-26)18-19-31(36,7-2)8-3)27-16-17-29(24(5)22-27)37-20-11-10-13-30-32-34-35-33-30/h14-19,21-22,28,36H,6-13,20H2,1-5H3,(H,32,33,34,35)/b19-18+. The Bertz CT molecular complexity index is 1120. The van der Waals surface area contributed by atoms with Gasteiger partial charge in [-0.15, -0.1) is 5.10 Å². The van der Waals surface area contributed by atoms with Crippen LogP contribution in [-0.4, -0.2) is 37.9 Å². The molecular weight excluding hydrogens is 460 g/mol. The number of ether oxygens (including phenoxy) is 1. The van der Waals surface area contributed by atoms with Gasteiger partial charge < -0.3 is 9.84 Å². The van der Waals surface area contributed by atoms with Crippen molar-refractivity contribution >= 4 is 6.08 Å². The smallest absolute Gasteiger partial charge is 0.148 e. The number of aliphatic hydroxyl groups is 1. The molecule has 0 bridgehead atoms. The molecule has 6 heteroatoms.